The summed E-state index contributed by atoms with van der Waals surface area (Å²) in [6, 6.07) is 82.0. The van der Waals surface area contributed by atoms with E-state index in [1.165, 1.54) is 37.7 Å². The second kappa shape index (κ2) is 15.4. The first-order valence-electron chi connectivity index (χ1n) is 22.4. The number of aromatic nitrogens is 4. The van der Waals surface area contributed by atoms with Gasteiger partial charge < -0.3 is 0 Å². The van der Waals surface area contributed by atoms with Gasteiger partial charge in [0.2, 0.25) is 0 Å². The largest absolute Gasteiger partial charge is 0.247 e. The SMILES string of the molecule is c1cc(-c2cccc(-c3cc4c(-c5ccc6ccccc6c5)nc5ccccc5c4c4ccccc34)c2)cc(-c2nc(-c3ccc4ccccc4c3)nc(-c3ccc4ccccc4c3)n2)c1. The van der Waals surface area contributed by atoms with Crippen molar-refractivity contribution in [3.63, 3.8) is 0 Å². The predicted octanol–water partition coefficient (Wildman–Crippen LogP) is 16.2. The summed E-state index contributed by atoms with van der Waals surface area (Å²) >= 11 is 0. The van der Waals surface area contributed by atoms with Crippen LogP contribution in [-0.2, 0) is 0 Å². The van der Waals surface area contributed by atoms with Crippen LogP contribution < -0.4 is 0 Å². The van der Waals surface area contributed by atoms with Gasteiger partial charge in [-0.15, -0.1) is 0 Å². The summed E-state index contributed by atoms with van der Waals surface area (Å²) in [6.45, 7) is 0. The van der Waals surface area contributed by atoms with Crippen LogP contribution in [0.15, 0.2) is 231 Å². The number of para-hydroxylation sites is 1. The highest BCUT2D eigenvalue weighted by molar-refractivity contribution is 6.25. The second-order valence-electron chi connectivity index (χ2n) is 17.0. The standard InChI is InChI=1S/C62H38N4/c1-4-16-42-34-48(30-27-39(42)13-1)59-56-38-55(52-23-7-8-24-53(52)58(56)54-25-9-10-26-57(54)63-59)47-21-11-19-45(33-47)46-20-12-22-49(37-46)60-64-61(50-31-28-40-14-2-5-17-43(40)35-50)66-62(65-60)51-32-29-41-15-3-6-18-44(41)36-51/h1-38H. The fourth-order valence-electron chi connectivity index (χ4n) is 9.74. The van der Waals surface area contributed by atoms with E-state index in [1.807, 2.05) is 0 Å². The normalized spacial score (nSPS) is 11.6. The summed E-state index contributed by atoms with van der Waals surface area (Å²) in [5.74, 6) is 1.89. The zero-order valence-electron chi connectivity index (χ0n) is 35.7. The predicted molar refractivity (Wildman–Crippen MR) is 275 cm³/mol. The second-order valence-corrected chi connectivity index (χ2v) is 17.0. The molecule has 306 valence electrons. The molecular formula is C62H38N4. The van der Waals surface area contributed by atoms with Gasteiger partial charge in [-0.1, -0.05) is 188 Å². The molecule has 66 heavy (non-hydrogen) atoms. The van der Waals surface area contributed by atoms with E-state index in [9.17, 15) is 0 Å². The molecule has 0 atom stereocenters. The molecule has 0 aliphatic heterocycles. The maximum absolute atomic E-state index is 5.39. The molecule has 0 saturated heterocycles. The Balaban J connectivity index is 0.959. The van der Waals surface area contributed by atoms with Gasteiger partial charge in [0.15, 0.2) is 17.5 Å². The van der Waals surface area contributed by atoms with Crippen molar-refractivity contribution in [3.8, 4) is 67.7 Å². The Morgan fingerprint density at radius 1 is 0.227 bits per heavy atom. The van der Waals surface area contributed by atoms with Crippen LogP contribution in [0.1, 0.15) is 0 Å². The lowest BCUT2D eigenvalue weighted by Crippen LogP contribution is -2.00. The molecule has 0 unspecified atom stereocenters. The minimum Gasteiger partial charge on any atom is -0.247 e. The zero-order chi connectivity index (χ0) is 43.6. The highest BCUT2D eigenvalue weighted by Gasteiger charge is 2.18. The molecule has 0 bridgehead atoms. The number of pyridine rings is 1. The van der Waals surface area contributed by atoms with E-state index < -0.39 is 0 Å². The molecule has 0 N–H and O–H groups in total. The average molecular weight is 839 g/mol. The molecule has 4 nitrogen and oxygen atoms in total. The molecule has 13 rings (SSSR count). The molecule has 0 fully saturated rings. The summed E-state index contributed by atoms with van der Waals surface area (Å²) in [4.78, 5) is 20.9. The summed E-state index contributed by atoms with van der Waals surface area (Å²) in [6.07, 6.45) is 0. The van der Waals surface area contributed by atoms with E-state index in [0.29, 0.717) is 17.5 Å². The summed E-state index contributed by atoms with van der Waals surface area (Å²) in [7, 11) is 0. The van der Waals surface area contributed by atoms with E-state index in [2.05, 4.69) is 231 Å². The van der Waals surface area contributed by atoms with Gasteiger partial charge in [-0.05, 0) is 108 Å². The fourth-order valence-corrected chi connectivity index (χ4v) is 9.74. The van der Waals surface area contributed by atoms with E-state index in [-0.39, 0.29) is 0 Å². The molecular weight excluding hydrogens is 801 g/mol. The molecule has 4 heteroatoms. The Kier molecular flexibility index (Phi) is 8.81. The van der Waals surface area contributed by atoms with Gasteiger partial charge in [0.25, 0.3) is 0 Å². The van der Waals surface area contributed by atoms with Gasteiger partial charge >= 0.3 is 0 Å². The highest BCUT2D eigenvalue weighted by Crippen LogP contribution is 2.43. The first kappa shape index (κ1) is 37.7. The number of hydrogen-bond donors (Lipinski definition) is 0. The molecule has 0 aliphatic carbocycles. The topological polar surface area (TPSA) is 51.6 Å². The molecule has 11 aromatic carbocycles. The smallest absolute Gasteiger partial charge is 0.164 e. The molecule has 0 radical (unpaired) electrons. The van der Waals surface area contributed by atoms with Crippen molar-refractivity contribution in [1.29, 1.82) is 0 Å². The Labute approximate surface area is 381 Å². The van der Waals surface area contributed by atoms with E-state index in [0.717, 1.165) is 77.3 Å². The minimum atomic E-state index is 0.621. The summed E-state index contributed by atoms with van der Waals surface area (Å²) < 4.78 is 0. The van der Waals surface area contributed by atoms with Crippen molar-refractivity contribution in [2.75, 3.05) is 0 Å². The lowest BCUT2D eigenvalue weighted by atomic mass is 9.89. The third-order valence-corrected chi connectivity index (χ3v) is 13.0. The van der Waals surface area contributed by atoms with Crippen LogP contribution in [0.3, 0.4) is 0 Å². The van der Waals surface area contributed by atoms with Crippen molar-refractivity contribution in [2.45, 2.75) is 0 Å². The monoisotopic (exact) mass is 838 g/mol. The van der Waals surface area contributed by atoms with Crippen LogP contribution in [0, 0.1) is 0 Å². The summed E-state index contributed by atoms with van der Waals surface area (Å²) in [5, 5.41) is 12.9. The van der Waals surface area contributed by atoms with E-state index >= 15 is 0 Å². The summed E-state index contributed by atoms with van der Waals surface area (Å²) in [5.41, 5.74) is 10.3. The lowest BCUT2D eigenvalue weighted by molar-refractivity contribution is 1.08. The Morgan fingerprint density at radius 3 is 1.24 bits per heavy atom. The Morgan fingerprint density at radius 2 is 0.652 bits per heavy atom. The van der Waals surface area contributed by atoms with Crippen LogP contribution in [0.2, 0.25) is 0 Å². The minimum absolute atomic E-state index is 0.621. The van der Waals surface area contributed by atoms with Gasteiger partial charge in [0, 0.05) is 38.4 Å². The number of hydrogen-bond acceptors (Lipinski definition) is 4. The Hall–Kier alpha value is -8.86. The molecule has 0 amide bonds. The maximum atomic E-state index is 5.39. The number of benzene rings is 11. The number of rotatable bonds is 6. The Bertz CT molecular complexity index is 3980. The third kappa shape index (κ3) is 6.55. The molecule has 13 aromatic rings. The van der Waals surface area contributed by atoms with Crippen molar-refractivity contribution >= 4 is 64.8 Å². The quantitative estimate of drug-likeness (QED) is 0.157. The first-order chi connectivity index (χ1) is 32.7. The molecule has 2 aromatic heterocycles. The van der Waals surface area contributed by atoms with Crippen LogP contribution >= 0.6 is 0 Å². The number of nitrogens with zero attached hydrogens (tertiary/aromatic N) is 4. The molecule has 2 heterocycles. The zero-order valence-corrected chi connectivity index (χ0v) is 35.7. The first-order valence-corrected chi connectivity index (χ1v) is 22.4. The van der Waals surface area contributed by atoms with Gasteiger partial charge in [-0.3, -0.25) is 0 Å². The van der Waals surface area contributed by atoms with Crippen molar-refractivity contribution in [1.82, 2.24) is 19.9 Å². The molecule has 0 spiro atoms. The van der Waals surface area contributed by atoms with E-state index in [4.69, 9.17) is 19.9 Å². The van der Waals surface area contributed by atoms with Gasteiger partial charge in [-0.2, -0.15) is 0 Å². The van der Waals surface area contributed by atoms with Gasteiger partial charge in [0.05, 0.1) is 11.2 Å². The lowest BCUT2D eigenvalue weighted by Gasteiger charge is -2.17. The van der Waals surface area contributed by atoms with Crippen molar-refractivity contribution in [2.24, 2.45) is 0 Å². The average Bonchev–Trinajstić information content (AvgIpc) is 3.39. The third-order valence-electron chi connectivity index (χ3n) is 13.0. The fraction of sp³-hybridized carbons (Fsp3) is 0. The van der Waals surface area contributed by atoms with Crippen LogP contribution in [0.5, 0.6) is 0 Å². The maximum Gasteiger partial charge on any atom is 0.164 e. The number of fused-ring (bicyclic) bond motifs is 8. The van der Waals surface area contributed by atoms with Gasteiger partial charge in [-0.25, -0.2) is 19.9 Å². The van der Waals surface area contributed by atoms with Crippen LogP contribution in [0.25, 0.3) is 132 Å². The molecule has 0 aliphatic rings. The van der Waals surface area contributed by atoms with Crippen molar-refractivity contribution in [3.05, 3.63) is 231 Å². The molecule has 0 saturated carbocycles. The van der Waals surface area contributed by atoms with E-state index in [1.54, 1.807) is 0 Å². The van der Waals surface area contributed by atoms with Gasteiger partial charge in [0.1, 0.15) is 0 Å². The van der Waals surface area contributed by atoms with Crippen LogP contribution in [-0.4, -0.2) is 19.9 Å². The van der Waals surface area contributed by atoms with Crippen molar-refractivity contribution < 1.29 is 0 Å². The van der Waals surface area contributed by atoms with Crippen LogP contribution in [0.4, 0.5) is 0 Å². The highest BCUT2D eigenvalue weighted by atomic mass is 15.0.